The van der Waals surface area contributed by atoms with Gasteiger partial charge in [-0.25, -0.2) is 0 Å². The summed E-state index contributed by atoms with van der Waals surface area (Å²) in [4.78, 5) is 0. The molecule has 0 unspecified atom stereocenters. The first-order valence-corrected chi connectivity index (χ1v) is 4.93. The normalized spacial score (nSPS) is 9.85. The van der Waals surface area contributed by atoms with Crippen molar-refractivity contribution in [2.24, 2.45) is 0 Å². The maximum Gasteiger partial charge on any atom is 0.120 e. The highest BCUT2D eigenvalue weighted by Gasteiger charge is 1.97. The highest BCUT2D eigenvalue weighted by atomic mass is 15.0. The summed E-state index contributed by atoms with van der Waals surface area (Å²) in [7, 11) is 0. The molecule has 0 aromatic carbocycles. The SMILES string of the molecule is CCCCCCn1cccc1C#N. The highest BCUT2D eigenvalue weighted by molar-refractivity contribution is 5.21. The van der Waals surface area contributed by atoms with Crippen molar-refractivity contribution >= 4 is 0 Å². The van der Waals surface area contributed by atoms with Gasteiger partial charge in [-0.05, 0) is 18.6 Å². The Labute approximate surface area is 79.8 Å². The van der Waals surface area contributed by atoms with E-state index < -0.39 is 0 Å². The van der Waals surface area contributed by atoms with Crippen LogP contribution in [-0.4, -0.2) is 4.57 Å². The van der Waals surface area contributed by atoms with E-state index >= 15 is 0 Å². The number of hydrogen-bond acceptors (Lipinski definition) is 1. The molecule has 0 bridgehead atoms. The van der Waals surface area contributed by atoms with E-state index in [4.69, 9.17) is 5.26 Å². The molecule has 0 saturated carbocycles. The third-order valence-electron chi connectivity index (χ3n) is 2.20. The van der Waals surface area contributed by atoms with Gasteiger partial charge in [0, 0.05) is 12.7 Å². The quantitative estimate of drug-likeness (QED) is 0.634. The topological polar surface area (TPSA) is 28.7 Å². The summed E-state index contributed by atoms with van der Waals surface area (Å²) in [6, 6.07) is 5.97. The van der Waals surface area contributed by atoms with Gasteiger partial charge >= 0.3 is 0 Å². The Hall–Kier alpha value is -1.23. The molecule has 2 heteroatoms. The predicted molar refractivity (Wildman–Crippen MR) is 53.3 cm³/mol. The van der Waals surface area contributed by atoms with E-state index in [-0.39, 0.29) is 0 Å². The fraction of sp³-hybridized carbons (Fsp3) is 0.545. The lowest BCUT2D eigenvalue weighted by Gasteiger charge is -2.03. The van der Waals surface area contributed by atoms with E-state index in [1.54, 1.807) is 0 Å². The van der Waals surface area contributed by atoms with E-state index in [0.29, 0.717) is 0 Å². The second-order valence-corrected chi connectivity index (χ2v) is 3.26. The molecular formula is C11H16N2. The maximum absolute atomic E-state index is 8.74. The number of unbranched alkanes of at least 4 members (excludes halogenated alkanes) is 3. The Bertz CT molecular complexity index is 281. The van der Waals surface area contributed by atoms with Gasteiger partial charge in [-0.15, -0.1) is 0 Å². The van der Waals surface area contributed by atoms with Gasteiger partial charge in [-0.2, -0.15) is 5.26 Å². The Morgan fingerprint density at radius 1 is 1.38 bits per heavy atom. The first-order valence-electron chi connectivity index (χ1n) is 4.93. The van der Waals surface area contributed by atoms with Gasteiger partial charge in [0.1, 0.15) is 11.8 Å². The Morgan fingerprint density at radius 2 is 2.23 bits per heavy atom. The van der Waals surface area contributed by atoms with Crippen LogP contribution in [0.3, 0.4) is 0 Å². The summed E-state index contributed by atoms with van der Waals surface area (Å²) < 4.78 is 2.02. The highest BCUT2D eigenvalue weighted by Crippen LogP contribution is 2.05. The summed E-state index contributed by atoms with van der Waals surface area (Å²) in [5.41, 5.74) is 0.775. The monoisotopic (exact) mass is 176 g/mol. The summed E-state index contributed by atoms with van der Waals surface area (Å²) in [6.45, 7) is 3.19. The van der Waals surface area contributed by atoms with Crippen molar-refractivity contribution in [1.82, 2.24) is 4.57 Å². The molecule has 13 heavy (non-hydrogen) atoms. The lowest BCUT2D eigenvalue weighted by atomic mass is 10.2. The van der Waals surface area contributed by atoms with E-state index in [0.717, 1.165) is 12.2 Å². The van der Waals surface area contributed by atoms with Crippen LogP contribution in [-0.2, 0) is 6.54 Å². The lowest BCUT2D eigenvalue weighted by Crippen LogP contribution is -1.98. The third-order valence-corrected chi connectivity index (χ3v) is 2.20. The Kier molecular flexibility index (Phi) is 4.11. The van der Waals surface area contributed by atoms with Crippen LogP contribution in [0.15, 0.2) is 18.3 Å². The number of aromatic nitrogens is 1. The van der Waals surface area contributed by atoms with Crippen LogP contribution in [0.2, 0.25) is 0 Å². The van der Waals surface area contributed by atoms with Crippen molar-refractivity contribution in [2.45, 2.75) is 39.2 Å². The molecular weight excluding hydrogens is 160 g/mol. The molecule has 1 heterocycles. The molecule has 0 spiro atoms. The molecule has 0 aliphatic heterocycles. The van der Waals surface area contributed by atoms with Crippen molar-refractivity contribution in [3.63, 3.8) is 0 Å². The maximum atomic E-state index is 8.74. The zero-order chi connectivity index (χ0) is 9.52. The van der Waals surface area contributed by atoms with Gasteiger partial charge < -0.3 is 4.57 Å². The van der Waals surface area contributed by atoms with Crippen molar-refractivity contribution in [1.29, 1.82) is 5.26 Å². The molecule has 0 amide bonds. The van der Waals surface area contributed by atoms with Gasteiger partial charge in [0.25, 0.3) is 0 Å². The average Bonchev–Trinajstić information content (AvgIpc) is 2.60. The van der Waals surface area contributed by atoms with E-state index in [1.807, 2.05) is 22.9 Å². The fourth-order valence-corrected chi connectivity index (χ4v) is 1.42. The van der Waals surface area contributed by atoms with Crippen LogP contribution in [0, 0.1) is 11.3 Å². The number of aryl methyl sites for hydroxylation is 1. The van der Waals surface area contributed by atoms with Crippen LogP contribution in [0.1, 0.15) is 38.3 Å². The largest absolute Gasteiger partial charge is 0.339 e. The summed E-state index contributed by atoms with van der Waals surface area (Å²) in [5.74, 6) is 0. The van der Waals surface area contributed by atoms with Crippen molar-refractivity contribution in [2.75, 3.05) is 0 Å². The van der Waals surface area contributed by atoms with Gasteiger partial charge in [0.2, 0.25) is 0 Å². The number of nitrogens with zero attached hydrogens (tertiary/aromatic N) is 2. The number of nitriles is 1. The number of rotatable bonds is 5. The minimum atomic E-state index is 0.775. The van der Waals surface area contributed by atoms with Crippen LogP contribution >= 0.6 is 0 Å². The molecule has 0 aliphatic carbocycles. The lowest BCUT2D eigenvalue weighted by molar-refractivity contribution is 0.581. The molecule has 1 aromatic rings. The molecule has 0 aliphatic rings. The molecule has 1 aromatic heterocycles. The molecule has 0 atom stereocenters. The molecule has 1 rings (SSSR count). The standard InChI is InChI=1S/C11H16N2/c1-2-3-4-5-8-13-9-6-7-11(13)10-12/h6-7,9H,2-5,8H2,1H3. The summed E-state index contributed by atoms with van der Waals surface area (Å²) >= 11 is 0. The first kappa shape index (κ1) is 9.85. The van der Waals surface area contributed by atoms with Crippen molar-refractivity contribution < 1.29 is 0 Å². The van der Waals surface area contributed by atoms with Gasteiger partial charge in [0.15, 0.2) is 0 Å². The molecule has 0 N–H and O–H groups in total. The summed E-state index contributed by atoms with van der Waals surface area (Å²) in [5, 5.41) is 8.74. The second-order valence-electron chi connectivity index (χ2n) is 3.26. The second kappa shape index (κ2) is 5.42. The van der Waals surface area contributed by atoms with Gasteiger partial charge in [-0.1, -0.05) is 26.2 Å². The van der Waals surface area contributed by atoms with E-state index in [1.165, 1.54) is 25.7 Å². The average molecular weight is 176 g/mol. The molecule has 2 nitrogen and oxygen atoms in total. The molecule has 0 fully saturated rings. The fourth-order valence-electron chi connectivity index (χ4n) is 1.42. The zero-order valence-electron chi connectivity index (χ0n) is 8.16. The van der Waals surface area contributed by atoms with Crippen molar-refractivity contribution in [3.8, 4) is 6.07 Å². The molecule has 0 radical (unpaired) electrons. The van der Waals surface area contributed by atoms with Gasteiger partial charge in [-0.3, -0.25) is 0 Å². The Morgan fingerprint density at radius 3 is 2.92 bits per heavy atom. The Balaban J connectivity index is 2.33. The van der Waals surface area contributed by atoms with E-state index in [9.17, 15) is 0 Å². The van der Waals surface area contributed by atoms with Crippen molar-refractivity contribution in [3.05, 3.63) is 24.0 Å². The molecule has 70 valence electrons. The van der Waals surface area contributed by atoms with Crippen LogP contribution < -0.4 is 0 Å². The first-order chi connectivity index (χ1) is 6.38. The van der Waals surface area contributed by atoms with Crippen LogP contribution in [0.4, 0.5) is 0 Å². The predicted octanol–water partition coefficient (Wildman–Crippen LogP) is 2.94. The number of hydrogen-bond donors (Lipinski definition) is 0. The smallest absolute Gasteiger partial charge is 0.120 e. The minimum absolute atomic E-state index is 0.775. The summed E-state index contributed by atoms with van der Waals surface area (Å²) in [6.07, 6.45) is 6.97. The van der Waals surface area contributed by atoms with Crippen LogP contribution in [0.25, 0.3) is 0 Å². The van der Waals surface area contributed by atoms with Crippen LogP contribution in [0.5, 0.6) is 0 Å². The molecule has 0 saturated heterocycles. The minimum Gasteiger partial charge on any atom is -0.339 e. The third kappa shape index (κ3) is 2.95. The zero-order valence-corrected chi connectivity index (χ0v) is 8.16. The van der Waals surface area contributed by atoms with Gasteiger partial charge in [0.05, 0.1) is 0 Å². The van der Waals surface area contributed by atoms with E-state index in [2.05, 4.69) is 13.0 Å².